The second kappa shape index (κ2) is 5.78. The van der Waals surface area contributed by atoms with E-state index in [1.54, 1.807) is 18.2 Å². The summed E-state index contributed by atoms with van der Waals surface area (Å²) in [5.41, 5.74) is 6.32. The number of anilines is 3. The van der Waals surface area contributed by atoms with Gasteiger partial charge in [0, 0.05) is 31.4 Å². The van der Waals surface area contributed by atoms with Gasteiger partial charge >= 0.3 is 0 Å². The Morgan fingerprint density at radius 2 is 1.90 bits per heavy atom. The fourth-order valence-corrected chi connectivity index (χ4v) is 1.84. The van der Waals surface area contributed by atoms with E-state index in [1.165, 1.54) is 0 Å². The lowest BCUT2D eigenvalue weighted by Crippen LogP contribution is -2.16. The normalized spacial score (nSPS) is 10.3. The molecule has 1 amide bonds. The van der Waals surface area contributed by atoms with Gasteiger partial charge < -0.3 is 16.0 Å². The van der Waals surface area contributed by atoms with E-state index in [0.29, 0.717) is 11.6 Å². The van der Waals surface area contributed by atoms with Gasteiger partial charge in [0.1, 0.15) is 11.5 Å². The van der Waals surface area contributed by atoms with Crippen LogP contribution in [0.3, 0.4) is 0 Å². The minimum absolute atomic E-state index is 0.162. The third-order valence-electron chi connectivity index (χ3n) is 2.95. The third kappa shape index (κ3) is 3.28. The second-order valence-electron chi connectivity index (χ2n) is 4.75. The summed E-state index contributed by atoms with van der Waals surface area (Å²) in [5, 5.41) is 2.36. The van der Waals surface area contributed by atoms with Gasteiger partial charge in [0.05, 0.1) is 5.69 Å². The maximum Gasteiger partial charge on any atom is 0.255 e. The molecule has 0 bridgehead atoms. The Morgan fingerprint density at radius 1 is 1.19 bits per heavy atom. The monoisotopic (exact) mass is 291 g/mol. The highest BCUT2D eigenvalue weighted by Gasteiger charge is 2.14. The van der Waals surface area contributed by atoms with Crippen molar-refractivity contribution >= 4 is 23.0 Å². The highest BCUT2D eigenvalue weighted by molar-refractivity contribution is 6.06. The fraction of sp³-hybridized carbons (Fsp3) is 0.133. The first-order valence-corrected chi connectivity index (χ1v) is 6.21. The largest absolute Gasteiger partial charge is 0.397 e. The van der Waals surface area contributed by atoms with Gasteiger partial charge in [-0.1, -0.05) is 6.07 Å². The maximum absolute atomic E-state index is 13.7. The molecule has 0 heterocycles. The summed E-state index contributed by atoms with van der Waals surface area (Å²) in [6.07, 6.45) is 0. The van der Waals surface area contributed by atoms with E-state index in [1.807, 2.05) is 25.1 Å². The molecule has 0 saturated heterocycles. The Bertz CT molecular complexity index is 663. The van der Waals surface area contributed by atoms with E-state index in [9.17, 15) is 13.6 Å². The third-order valence-corrected chi connectivity index (χ3v) is 2.95. The zero-order valence-corrected chi connectivity index (χ0v) is 11.7. The number of hydrogen-bond acceptors (Lipinski definition) is 3. The molecule has 21 heavy (non-hydrogen) atoms. The van der Waals surface area contributed by atoms with Crippen molar-refractivity contribution < 1.29 is 13.6 Å². The highest BCUT2D eigenvalue weighted by atomic mass is 19.1. The first-order valence-electron chi connectivity index (χ1n) is 6.21. The lowest BCUT2D eigenvalue weighted by molar-refractivity contribution is 0.102. The number of nitrogen functional groups attached to an aromatic ring is 1. The van der Waals surface area contributed by atoms with Gasteiger partial charge in [-0.05, 0) is 24.3 Å². The molecule has 3 N–H and O–H groups in total. The topological polar surface area (TPSA) is 58.4 Å². The van der Waals surface area contributed by atoms with Crippen molar-refractivity contribution in [1.82, 2.24) is 0 Å². The van der Waals surface area contributed by atoms with Crippen molar-refractivity contribution in [3.63, 3.8) is 0 Å². The van der Waals surface area contributed by atoms with Crippen LogP contribution in [-0.4, -0.2) is 20.0 Å². The maximum atomic E-state index is 13.7. The molecule has 0 fully saturated rings. The number of rotatable bonds is 3. The summed E-state index contributed by atoms with van der Waals surface area (Å²) in [6, 6.07) is 8.43. The average Bonchev–Trinajstić information content (AvgIpc) is 2.42. The van der Waals surface area contributed by atoms with E-state index < -0.39 is 17.5 Å². The number of halogens is 2. The SMILES string of the molecule is CN(C)c1cccc(C(=O)Nc2c(N)cc(F)cc2F)c1. The quantitative estimate of drug-likeness (QED) is 0.855. The van der Waals surface area contributed by atoms with E-state index in [2.05, 4.69) is 5.32 Å². The lowest BCUT2D eigenvalue weighted by Gasteiger charge is -2.14. The number of benzene rings is 2. The molecule has 0 radical (unpaired) electrons. The number of nitrogens with two attached hydrogens (primary N) is 1. The molecule has 2 rings (SSSR count). The number of carbonyl (C=O) groups is 1. The van der Waals surface area contributed by atoms with Crippen molar-refractivity contribution in [3.05, 3.63) is 53.6 Å². The Morgan fingerprint density at radius 3 is 2.52 bits per heavy atom. The van der Waals surface area contributed by atoms with Crippen molar-refractivity contribution in [1.29, 1.82) is 0 Å². The zero-order valence-electron chi connectivity index (χ0n) is 11.7. The highest BCUT2D eigenvalue weighted by Crippen LogP contribution is 2.25. The molecule has 0 atom stereocenters. The lowest BCUT2D eigenvalue weighted by atomic mass is 10.1. The summed E-state index contributed by atoms with van der Waals surface area (Å²) in [6.45, 7) is 0. The smallest absolute Gasteiger partial charge is 0.255 e. The van der Waals surface area contributed by atoms with Gasteiger partial charge in [-0.25, -0.2) is 8.78 Å². The molecule has 0 aliphatic heterocycles. The van der Waals surface area contributed by atoms with Crippen LogP contribution >= 0.6 is 0 Å². The Hall–Kier alpha value is -2.63. The van der Waals surface area contributed by atoms with Crippen LogP contribution in [0.2, 0.25) is 0 Å². The van der Waals surface area contributed by atoms with E-state index in [4.69, 9.17) is 5.73 Å². The summed E-state index contributed by atoms with van der Waals surface area (Å²) < 4.78 is 26.6. The van der Waals surface area contributed by atoms with Crippen molar-refractivity contribution in [2.45, 2.75) is 0 Å². The molecule has 6 heteroatoms. The second-order valence-corrected chi connectivity index (χ2v) is 4.75. The molecule has 2 aromatic rings. The minimum Gasteiger partial charge on any atom is -0.397 e. The number of amides is 1. The predicted molar refractivity (Wildman–Crippen MR) is 79.5 cm³/mol. The van der Waals surface area contributed by atoms with Gasteiger partial charge in [-0.2, -0.15) is 0 Å². The van der Waals surface area contributed by atoms with Crippen LogP contribution in [0.25, 0.3) is 0 Å². The molecule has 0 spiro atoms. The molecular formula is C15H15F2N3O. The molecule has 2 aromatic carbocycles. The van der Waals surface area contributed by atoms with Gasteiger partial charge in [0.2, 0.25) is 0 Å². The van der Waals surface area contributed by atoms with Gasteiger partial charge in [-0.15, -0.1) is 0 Å². The Balaban J connectivity index is 2.28. The van der Waals surface area contributed by atoms with Crippen LogP contribution in [0.15, 0.2) is 36.4 Å². The van der Waals surface area contributed by atoms with Crippen molar-refractivity contribution in [3.8, 4) is 0 Å². The molecular weight excluding hydrogens is 276 g/mol. The van der Waals surface area contributed by atoms with Gasteiger partial charge in [-0.3, -0.25) is 4.79 Å². The first kappa shape index (κ1) is 14.8. The minimum atomic E-state index is -0.912. The van der Waals surface area contributed by atoms with Crippen molar-refractivity contribution in [2.24, 2.45) is 0 Å². The molecule has 110 valence electrons. The number of carbonyl (C=O) groups excluding carboxylic acids is 1. The molecule has 0 unspecified atom stereocenters. The number of hydrogen-bond donors (Lipinski definition) is 2. The van der Waals surface area contributed by atoms with Gasteiger partial charge in [0.25, 0.3) is 5.91 Å². The van der Waals surface area contributed by atoms with Crippen LogP contribution in [0.1, 0.15) is 10.4 Å². The predicted octanol–water partition coefficient (Wildman–Crippen LogP) is 2.87. The Kier molecular flexibility index (Phi) is 4.07. The number of nitrogens with zero attached hydrogens (tertiary/aromatic N) is 1. The standard InChI is InChI=1S/C15H15F2N3O/c1-20(2)11-5-3-4-9(6-11)15(21)19-14-12(17)7-10(16)8-13(14)18/h3-8H,18H2,1-2H3,(H,19,21). The van der Waals surface area contributed by atoms with E-state index in [-0.39, 0.29) is 11.4 Å². The average molecular weight is 291 g/mol. The molecule has 0 saturated carbocycles. The summed E-state index contributed by atoms with van der Waals surface area (Å²) in [7, 11) is 3.68. The van der Waals surface area contributed by atoms with Crippen LogP contribution in [0.5, 0.6) is 0 Å². The van der Waals surface area contributed by atoms with Gasteiger partial charge in [0.15, 0.2) is 5.82 Å². The summed E-state index contributed by atoms with van der Waals surface area (Å²) in [5.74, 6) is -2.22. The van der Waals surface area contributed by atoms with E-state index in [0.717, 1.165) is 11.8 Å². The van der Waals surface area contributed by atoms with E-state index >= 15 is 0 Å². The van der Waals surface area contributed by atoms with Crippen LogP contribution in [0, 0.1) is 11.6 Å². The van der Waals surface area contributed by atoms with Crippen LogP contribution in [-0.2, 0) is 0 Å². The fourth-order valence-electron chi connectivity index (χ4n) is 1.84. The molecule has 0 aromatic heterocycles. The summed E-state index contributed by atoms with van der Waals surface area (Å²) >= 11 is 0. The number of nitrogens with one attached hydrogen (secondary N) is 1. The first-order chi connectivity index (χ1) is 9.88. The van der Waals surface area contributed by atoms with Crippen LogP contribution in [0.4, 0.5) is 25.8 Å². The Labute approximate surface area is 121 Å². The molecule has 4 nitrogen and oxygen atoms in total. The summed E-state index contributed by atoms with van der Waals surface area (Å²) in [4.78, 5) is 14.0. The molecule has 0 aliphatic carbocycles. The molecule has 0 aliphatic rings. The zero-order chi connectivity index (χ0) is 15.6. The van der Waals surface area contributed by atoms with Crippen LogP contribution < -0.4 is 16.0 Å². The van der Waals surface area contributed by atoms with Crippen molar-refractivity contribution in [2.75, 3.05) is 30.0 Å².